The Morgan fingerprint density at radius 2 is 1.57 bits per heavy atom. The highest BCUT2D eigenvalue weighted by Crippen LogP contribution is 2.31. The maximum atomic E-state index is 2.69. The Labute approximate surface area is 130 Å². The van der Waals surface area contributed by atoms with Gasteiger partial charge in [-0.15, -0.1) is 0 Å². The smallest absolute Gasteiger partial charge is 0.0198 e. The van der Waals surface area contributed by atoms with Crippen LogP contribution in [0.5, 0.6) is 0 Å². The second-order valence-electron chi connectivity index (χ2n) is 6.80. The van der Waals surface area contributed by atoms with E-state index in [1.165, 1.54) is 76.6 Å². The lowest BCUT2D eigenvalue weighted by molar-refractivity contribution is 0.235. The van der Waals surface area contributed by atoms with Crippen LogP contribution in [-0.4, -0.2) is 24.5 Å². The van der Waals surface area contributed by atoms with Gasteiger partial charge in [0, 0.05) is 6.54 Å². The molecule has 1 aliphatic heterocycles. The zero-order chi connectivity index (χ0) is 14.3. The lowest BCUT2D eigenvalue weighted by Gasteiger charge is -2.32. The third kappa shape index (κ3) is 4.44. The molecule has 21 heavy (non-hydrogen) atoms. The van der Waals surface area contributed by atoms with E-state index in [1.807, 2.05) is 0 Å². The average Bonchev–Trinajstić information content (AvgIpc) is 2.57. The van der Waals surface area contributed by atoms with Crippen molar-refractivity contribution in [2.24, 2.45) is 5.92 Å². The molecule has 0 bridgehead atoms. The van der Waals surface area contributed by atoms with Crippen molar-refractivity contribution in [1.82, 2.24) is 4.90 Å². The Morgan fingerprint density at radius 3 is 2.29 bits per heavy atom. The van der Waals surface area contributed by atoms with Crippen molar-refractivity contribution in [2.45, 2.75) is 51.4 Å². The van der Waals surface area contributed by atoms with E-state index < -0.39 is 0 Å². The van der Waals surface area contributed by atoms with Gasteiger partial charge in [-0.2, -0.15) is 0 Å². The molecule has 1 heteroatoms. The summed E-state index contributed by atoms with van der Waals surface area (Å²) < 4.78 is 0. The SMILES string of the molecule is C(=C(CN1CCCCC1)C1CCCCC1)c1ccccc1. The highest BCUT2D eigenvalue weighted by Gasteiger charge is 2.20. The van der Waals surface area contributed by atoms with E-state index in [-0.39, 0.29) is 0 Å². The standard InChI is InChI=1S/C20H29N/c1-4-10-18(11-5-1)16-20(19-12-6-2-7-13-19)17-21-14-8-3-9-15-21/h1,4-5,10-11,16,19H,2-3,6-9,12-15,17H2. The quantitative estimate of drug-likeness (QED) is 0.740. The van der Waals surface area contributed by atoms with Gasteiger partial charge in [0.2, 0.25) is 0 Å². The Balaban J connectivity index is 1.74. The van der Waals surface area contributed by atoms with Crippen LogP contribution < -0.4 is 0 Å². The molecule has 0 N–H and O–H groups in total. The van der Waals surface area contributed by atoms with Gasteiger partial charge in [0.25, 0.3) is 0 Å². The first-order chi connectivity index (χ1) is 10.4. The molecule has 0 amide bonds. The summed E-state index contributed by atoms with van der Waals surface area (Å²) in [4.78, 5) is 2.69. The molecule has 1 saturated carbocycles. The molecule has 1 aromatic carbocycles. The second kappa shape index (κ2) is 7.79. The first-order valence-electron chi connectivity index (χ1n) is 8.90. The van der Waals surface area contributed by atoms with E-state index in [4.69, 9.17) is 0 Å². The summed E-state index contributed by atoms with van der Waals surface area (Å²) in [7, 11) is 0. The van der Waals surface area contributed by atoms with Crippen molar-refractivity contribution >= 4 is 6.08 Å². The Kier molecular flexibility index (Phi) is 5.51. The Morgan fingerprint density at radius 1 is 0.905 bits per heavy atom. The summed E-state index contributed by atoms with van der Waals surface area (Å²) in [6.45, 7) is 3.82. The Bertz CT molecular complexity index is 436. The summed E-state index contributed by atoms with van der Waals surface area (Å²) in [5, 5.41) is 0. The van der Waals surface area contributed by atoms with Gasteiger partial charge in [0.15, 0.2) is 0 Å². The van der Waals surface area contributed by atoms with Crippen molar-refractivity contribution in [3.8, 4) is 0 Å². The van der Waals surface area contributed by atoms with Crippen molar-refractivity contribution < 1.29 is 0 Å². The lowest BCUT2D eigenvalue weighted by atomic mass is 9.82. The van der Waals surface area contributed by atoms with Gasteiger partial charge >= 0.3 is 0 Å². The van der Waals surface area contributed by atoms with Crippen molar-refractivity contribution in [3.63, 3.8) is 0 Å². The summed E-state index contributed by atoms with van der Waals surface area (Å²) in [6, 6.07) is 10.9. The fourth-order valence-electron chi connectivity index (χ4n) is 3.91. The van der Waals surface area contributed by atoms with Crippen molar-refractivity contribution in [2.75, 3.05) is 19.6 Å². The van der Waals surface area contributed by atoms with Gasteiger partial charge < -0.3 is 0 Å². The van der Waals surface area contributed by atoms with Crippen LogP contribution in [0.25, 0.3) is 6.08 Å². The molecule has 3 rings (SSSR count). The van der Waals surface area contributed by atoms with E-state index in [0.29, 0.717) is 0 Å². The van der Waals surface area contributed by atoms with Crippen LogP contribution in [0.2, 0.25) is 0 Å². The first-order valence-corrected chi connectivity index (χ1v) is 8.90. The monoisotopic (exact) mass is 283 g/mol. The minimum Gasteiger partial charge on any atom is -0.299 e. The number of nitrogens with zero attached hydrogens (tertiary/aromatic N) is 1. The topological polar surface area (TPSA) is 3.24 Å². The number of benzene rings is 1. The van der Waals surface area contributed by atoms with Gasteiger partial charge in [-0.25, -0.2) is 0 Å². The molecule has 2 aliphatic rings. The molecule has 1 nitrogen and oxygen atoms in total. The molecule has 1 heterocycles. The predicted octanol–water partition coefficient (Wildman–Crippen LogP) is 5.14. The highest BCUT2D eigenvalue weighted by atomic mass is 15.1. The minimum absolute atomic E-state index is 0.834. The van der Waals surface area contributed by atoms with Gasteiger partial charge in [-0.05, 0) is 50.3 Å². The molecule has 0 radical (unpaired) electrons. The van der Waals surface area contributed by atoms with Crippen LogP contribution in [0.1, 0.15) is 56.9 Å². The summed E-state index contributed by atoms with van der Waals surface area (Å²) in [5.74, 6) is 0.834. The molecule has 1 saturated heterocycles. The normalized spacial score (nSPS) is 22.4. The molecule has 0 aromatic heterocycles. The average molecular weight is 283 g/mol. The lowest BCUT2D eigenvalue weighted by Crippen LogP contribution is -2.33. The summed E-state index contributed by atoms with van der Waals surface area (Å²) >= 11 is 0. The number of rotatable bonds is 4. The van der Waals surface area contributed by atoms with Gasteiger partial charge in [0.1, 0.15) is 0 Å². The van der Waals surface area contributed by atoms with Crippen molar-refractivity contribution in [3.05, 3.63) is 41.5 Å². The maximum absolute atomic E-state index is 2.69. The molecule has 0 spiro atoms. The van der Waals surface area contributed by atoms with E-state index in [0.717, 1.165) is 5.92 Å². The second-order valence-corrected chi connectivity index (χ2v) is 6.80. The molecule has 1 aromatic rings. The van der Waals surface area contributed by atoms with E-state index >= 15 is 0 Å². The molecular weight excluding hydrogens is 254 g/mol. The largest absolute Gasteiger partial charge is 0.299 e. The van der Waals surface area contributed by atoms with Crippen LogP contribution in [0.15, 0.2) is 35.9 Å². The number of hydrogen-bond acceptors (Lipinski definition) is 1. The third-order valence-electron chi connectivity index (χ3n) is 5.14. The van der Waals surface area contributed by atoms with E-state index in [2.05, 4.69) is 41.3 Å². The summed E-state index contributed by atoms with van der Waals surface area (Å²) in [6.07, 6.45) is 13.8. The van der Waals surface area contributed by atoms with Gasteiger partial charge in [0.05, 0.1) is 0 Å². The van der Waals surface area contributed by atoms with E-state index in [1.54, 1.807) is 5.57 Å². The fourth-order valence-corrected chi connectivity index (χ4v) is 3.91. The van der Waals surface area contributed by atoms with Gasteiger partial charge in [-0.1, -0.05) is 67.7 Å². The maximum Gasteiger partial charge on any atom is 0.0198 e. The van der Waals surface area contributed by atoms with Gasteiger partial charge in [-0.3, -0.25) is 4.90 Å². The molecule has 2 fully saturated rings. The van der Waals surface area contributed by atoms with Crippen LogP contribution in [0, 0.1) is 5.92 Å². The minimum atomic E-state index is 0.834. The number of likely N-dealkylation sites (tertiary alicyclic amines) is 1. The molecule has 0 unspecified atom stereocenters. The van der Waals surface area contributed by atoms with Crippen LogP contribution in [0.4, 0.5) is 0 Å². The summed E-state index contributed by atoms with van der Waals surface area (Å²) in [5.41, 5.74) is 3.08. The molecule has 114 valence electrons. The van der Waals surface area contributed by atoms with Crippen LogP contribution in [0.3, 0.4) is 0 Å². The molecule has 1 aliphatic carbocycles. The molecule has 0 atom stereocenters. The van der Waals surface area contributed by atoms with Crippen LogP contribution >= 0.6 is 0 Å². The third-order valence-corrected chi connectivity index (χ3v) is 5.14. The zero-order valence-corrected chi connectivity index (χ0v) is 13.3. The first kappa shape index (κ1) is 14.8. The van der Waals surface area contributed by atoms with Crippen molar-refractivity contribution in [1.29, 1.82) is 0 Å². The molecular formula is C20H29N. The number of hydrogen-bond donors (Lipinski definition) is 0. The number of piperidine rings is 1. The zero-order valence-electron chi connectivity index (χ0n) is 13.3. The van der Waals surface area contributed by atoms with Crippen LogP contribution in [-0.2, 0) is 0 Å². The highest BCUT2D eigenvalue weighted by molar-refractivity contribution is 5.53. The predicted molar refractivity (Wildman–Crippen MR) is 91.3 cm³/mol. The fraction of sp³-hybridized carbons (Fsp3) is 0.600. The Hall–Kier alpha value is -1.08. The van der Waals surface area contributed by atoms with E-state index in [9.17, 15) is 0 Å².